The summed E-state index contributed by atoms with van der Waals surface area (Å²) in [4.78, 5) is 24.1. The van der Waals surface area contributed by atoms with Crippen molar-refractivity contribution in [2.45, 2.75) is 20.4 Å². The van der Waals surface area contributed by atoms with Crippen LogP contribution in [0.25, 0.3) is 6.08 Å². The number of carbonyl (C=O) groups excluding carboxylic acids is 1. The standard InChI is InChI=1S/C16H22N2O3/c1-3-17-15(19)12-18(4-2)11-14-7-5-13(6-8-14)9-10-16(20)21/h5-10H,3-4,11-12H2,1-2H3,(H,17,19)(H,20,21). The van der Waals surface area contributed by atoms with Crippen LogP contribution in [0.15, 0.2) is 30.3 Å². The van der Waals surface area contributed by atoms with Crippen molar-refractivity contribution in [3.8, 4) is 0 Å². The first kappa shape index (κ1) is 16.9. The van der Waals surface area contributed by atoms with Gasteiger partial charge in [0.2, 0.25) is 5.91 Å². The molecule has 0 aliphatic rings. The van der Waals surface area contributed by atoms with Crippen molar-refractivity contribution in [1.82, 2.24) is 10.2 Å². The molecule has 5 heteroatoms. The van der Waals surface area contributed by atoms with E-state index in [1.165, 1.54) is 0 Å². The van der Waals surface area contributed by atoms with Crippen molar-refractivity contribution in [3.05, 3.63) is 41.5 Å². The van der Waals surface area contributed by atoms with Gasteiger partial charge in [0.15, 0.2) is 0 Å². The van der Waals surface area contributed by atoms with Gasteiger partial charge in [-0.2, -0.15) is 0 Å². The first-order valence-electron chi connectivity index (χ1n) is 7.04. The quantitative estimate of drug-likeness (QED) is 0.716. The Bertz CT molecular complexity index is 495. The summed E-state index contributed by atoms with van der Waals surface area (Å²) in [6.07, 6.45) is 2.67. The van der Waals surface area contributed by atoms with E-state index in [9.17, 15) is 9.59 Å². The monoisotopic (exact) mass is 290 g/mol. The highest BCUT2D eigenvalue weighted by molar-refractivity contribution is 5.85. The van der Waals surface area contributed by atoms with Crippen molar-refractivity contribution < 1.29 is 14.7 Å². The van der Waals surface area contributed by atoms with Gasteiger partial charge in [-0.1, -0.05) is 31.2 Å². The summed E-state index contributed by atoms with van der Waals surface area (Å²) >= 11 is 0. The Balaban J connectivity index is 2.60. The van der Waals surface area contributed by atoms with E-state index in [1.54, 1.807) is 6.08 Å². The molecule has 1 aromatic rings. The van der Waals surface area contributed by atoms with Crippen LogP contribution in [-0.4, -0.2) is 41.5 Å². The highest BCUT2D eigenvalue weighted by atomic mass is 16.4. The Hall–Kier alpha value is -2.14. The molecule has 0 unspecified atom stereocenters. The van der Waals surface area contributed by atoms with Crippen molar-refractivity contribution in [2.24, 2.45) is 0 Å². The van der Waals surface area contributed by atoms with Crippen LogP contribution in [0.5, 0.6) is 0 Å². The van der Waals surface area contributed by atoms with Crippen LogP contribution < -0.4 is 5.32 Å². The van der Waals surface area contributed by atoms with E-state index >= 15 is 0 Å². The summed E-state index contributed by atoms with van der Waals surface area (Å²) in [6.45, 7) is 6.42. The normalized spacial score (nSPS) is 11.0. The Morgan fingerprint density at radius 2 is 1.90 bits per heavy atom. The molecule has 0 atom stereocenters. The van der Waals surface area contributed by atoms with Crippen molar-refractivity contribution in [2.75, 3.05) is 19.6 Å². The Morgan fingerprint density at radius 3 is 2.43 bits per heavy atom. The molecule has 21 heavy (non-hydrogen) atoms. The van der Waals surface area contributed by atoms with Gasteiger partial charge in [0.25, 0.3) is 0 Å². The number of carboxylic acid groups (broad SMARTS) is 1. The molecule has 0 aliphatic carbocycles. The molecular formula is C16H22N2O3. The van der Waals surface area contributed by atoms with Gasteiger partial charge in [-0.3, -0.25) is 9.69 Å². The fourth-order valence-electron chi connectivity index (χ4n) is 1.90. The number of likely N-dealkylation sites (N-methyl/N-ethyl adjacent to an activating group) is 2. The summed E-state index contributed by atoms with van der Waals surface area (Å²) in [5.74, 6) is -0.932. The number of amides is 1. The van der Waals surface area contributed by atoms with Gasteiger partial charge in [0.05, 0.1) is 6.54 Å². The minimum Gasteiger partial charge on any atom is -0.478 e. The molecule has 0 saturated carbocycles. The fraction of sp³-hybridized carbons (Fsp3) is 0.375. The SMILES string of the molecule is CCNC(=O)CN(CC)Cc1ccc(C=CC(=O)O)cc1. The third-order valence-corrected chi connectivity index (χ3v) is 2.99. The van der Waals surface area contributed by atoms with Crippen LogP contribution in [0.3, 0.4) is 0 Å². The lowest BCUT2D eigenvalue weighted by Gasteiger charge is -2.19. The van der Waals surface area contributed by atoms with Gasteiger partial charge >= 0.3 is 5.97 Å². The lowest BCUT2D eigenvalue weighted by molar-refractivity contribution is -0.131. The minimum absolute atomic E-state index is 0.0281. The number of benzene rings is 1. The van der Waals surface area contributed by atoms with Gasteiger partial charge in [-0.15, -0.1) is 0 Å². The average molecular weight is 290 g/mol. The predicted octanol–water partition coefficient (Wildman–Crippen LogP) is 1.74. The smallest absolute Gasteiger partial charge is 0.328 e. The number of aliphatic carboxylic acids is 1. The zero-order valence-corrected chi connectivity index (χ0v) is 12.5. The molecule has 0 bridgehead atoms. The van der Waals surface area contributed by atoms with E-state index in [1.807, 2.05) is 43.0 Å². The summed E-state index contributed by atoms with van der Waals surface area (Å²) in [5.41, 5.74) is 1.93. The maximum absolute atomic E-state index is 11.6. The lowest BCUT2D eigenvalue weighted by Crippen LogP contribution is -2.36. The number of nitrogens with one attached hydrogen (secondary N) is 1. The Labute approximate surface area is 125 Å². The summed E-state index contributed by atoms with van der Waals surface area (Å²) in [5, 5.41) is 11.4. The third kappa shape index (κ3) is 6.72. The molecule has 0 fully saturated rings. The predicted molar refractivity (Wildman–Crippen MR) is 82.7 cm³/mol. The van der Waals surface area contributed by atoms with Gasteiger partial charge in [0, 0.05) is 19.2 Å². The second kappa shape index (κ2) is 8.92. The largest absolute Gasteiger partial charge is 0.478 e. The molecule has 0 saturated heterocycles. The summed E-state index contributed by atoms with van der Waals surface area (Å²) in [6, 6.07) is 7.63. The van der Waals surface area contributed by atoms with E-state index in [-0.39, 0.29) is 5.91 Å². The summed E-state index contributed by atoms with van der Waals surface area (Å²) in [7, 11) is 0. The van der Waals surface area contributed by atoms with Gasteiger partial charge < -0.3 is 10.4 Å². The first-order chi connectivity index (χ1) is 10.0. The first-order valence-corrected chi connectivity index (χ1v) is 7.04. The number of nitrogens with zero attached hydrogens (tertiary/aromatic N) is 1. The Morgan fingerprint density at radius 1 is 1.24 bits per heavy atom. The van der Waals surface area contributed by atoms with E-state index in [0.717, 1.165) is 23.7 Å². The molecule has 1 rings (SSSR count). The van der Waals surface area contributed by atoms with Gasteiger partial charge in [-0.25, -0.2) is 4.79 Å². The highest BCUT2D eigenvalue weighted by Crippen LogP contribution is 2.09. The van der Waals surface area contributed by atoms with Crippen molar-refractivity contribution in [3.63, 3.8) is 0 Å². The van der Waals surface area contributed by atoms with Crippen LogP contribution >= 0.6 is 0 Å². The highest BCUT2D eigenvalue weighted by Gasteiger charge is 2.08. The maximum Gasteiger partial charge on any atom is 0.328 e. The molecule has 0 radical (unpaired) electrons. The second-order valence-electron chi connectivity index (χ2n) is 4.67. The average Bonchev–Trinajstić information content (AvgIpc) is 2.46. The van der Waals surface area contributed by atoms with Gasteiger partial charge in [-0.05, 0) is 30.7 Å². The number of carboxylic acids is 1. The molecular weight excluding hydrogens is 268 g/mol. The topological polar surface area (TPSA) is 69.6 Å². The van der Waals surface area contributed by atoms with E-state index < -0.39 is 5.97 Å². The van der Waals surface area contributed by atoms with Crippen molar-refractivity contribution >= 4 is 18.0 Å². The molecule has 0 aliphatic heterocycles. The minimum atomic E-state index is -0.960. The van der Waals surface area contributed by atoms with Crippen LogP contribution in [0.1, 0.15) is 25.0 Å². The molecule has 114 valence electrons. The number of carbonyl (C=O) groups is 2. The van der Waals surface area contributed by atoms with Crippen LogP contribution in [0, 0.1) is 0 Å². The maximum atomic E-state index is 11.6. The van der Waals surface area contributed by atoms with E-state index in [0.29, 0.717) is 19.6 Å². The van der Waals surface area contributed by atoms with E-state index in [2.05, 4.69) is 5.32 Å². The van der Waals surface area contributed by atoms with Gasteiger partial charge in [0.1, 0.15) is 0 Å². The zero-order chi connectivity index (χ0) is 15.7. The van der Waals surface area contributed by atoms with E-state index in [4.69, 9.17) is 5.11 Å². The molecule has 1 amide bonds. The van der Waals surface area contributed by atoms with Crippen molar-refractivity contribution in [1.29, 1.82) is 0 Å². The number of hydrogen-bond donors (Lipinski definition) is 2. The number of rotatable bonds is 8. The number of hydrogen-bond acceptors (Lipinski definition) is 3. The molecule has 2 N–H and O–H groups in total. The molecule has 0 heterocycles. The van der Waals surface area contributed by atoms with Crippen LogP contribution in [0.4, 0.5) is 0 Å². The fourth-order valence-corrected chi connectivity index (χ4v) is 1.90. The molecule has 0 aromatic heterocycles. The second-order valence-corrected chi connectivity index (χ2v) is 4.67. The molecule has 1 aromatic carbocycles. The molecule has 5 nitrogen and oxygen atoms in total. The third-order valence-electron chi connectivity index (χ3n) is 2.99. The van der Waals surface area contributed by atoms with Crippen LogP contribution in [0.2, 0.25) is 0 Å². The summed E-state index contributed by atoms with van der Waals surface area (Å²) < 4.78 is 0. The zero-order valence-electron chi connectivity index (χ0n) is 12.5. The Kier molecular flexibility index (Phi) is 7.18. The molecule has 0 spiro atoms. The lowest BCUT2D eigenvalue weighted by atomic mass is 10.1. The van der Waals surface area contributed by atoms with Crippen LogP contribution in [-0.2, 0) is 16.1 Å².